The molecule has 0 unspecified atom stereocenters. The zero-order valence-corrected chi connectivity index (χ0v) is 80.2. The van der Waals surface area contributed by atoms with E-state index >= 15 is 0 Å². The van der Waals surface area contributed by atoms with E-state index < -0.39 is 0 Å². The van der Waals surface area contributed by atoms with Crippen LogP contribution in [0.25, 0.3) is 289 Å². The normalized spacial score (nSPS) is 11.7. The molecule has 0 aliphatic rings. The van der Waals surface area contributed by atoms with Crippen molar-refractivity contribution in [2.24, 2.45) is 0 Å². The van der Waals surface area contributed by atoms with Crippen LogP contribution >= 0.6 is 11.3 Å². The number of pyridine rings is 3. The highest BCUT2D eigenvalue weighted by Crippen LogP contribution is 2.52. The van der Waals surface area contributed by atoms with Gasteiger partial charge in [-0.2, -0.15) is 0 Å². The second-order valence-corrected chi connectivity index (χ2v) is 39.1. The summed E-state index contributed by atoms with van der Waals surface area (Å²) in [4.78, 5) is 19.8. The van der Waals surface area contributed by atoms with Crippen LogP contribution in [0, 0.1) is 0 Å². The van der Waals surface area contributed by atoms with Gasteiger partial charge >= 0.3 is 0 Å². The summed E-state index contributed by atoms with van der Waals surface area (Å²) in [5, 5.41) is 32.2. The van der Waals surface area contributed by atoms with Crippen LogP contribution in [0.5, 0.6) is 0 Å². The van der Waals surface area contributed by atoms with Gasteiger partial charge in [-0.25, -0.2) is 9.97 Å². The van der Waals surface area contributed by atoms with Crippen molar-refractivity contribution < 1.29 is 0 Å². The molecule has 0 N–H and O–H groups in total. The van der Waals surface area contributed by atoms with E-state index in [-0.39, 0.29) is 0 Å². The number of hydrogen-bond donors (Lipinski definition) is 0. The molecular weight excluding hydrogens is 1780 g/mol. The summed E-state index contributed by atoms with van der Waals surface area (Å²) in [7, 11) is 0. The summed E-state index contributed by atoms with van der Waals surface area (Å²) < 4.78 is 4.78. The van der Waals surface area contributed by atoms with Crippen LogP contribution < -0.4 is 0 Å². The molecular formula is C140H87N5S. The number of rotatable bonds is 11. The van der Waals surface area contributed by atoms with E-state index in [2.05, 4.69) is 519 Å². The van der Waals surface area contributed by atoms with Gasteiger partial charge in [0.2, 0.25) is 0 Å². The van der Waals surface area contributed by atoms with Gasteiger partial charge in [-0.15, -0.1) is 11.3 Å². The van der Waals surface area contributed by atoms with E-state index in [4.69, 9.17) is 15.0 Å². The summed E-state index contributed by atoms with van der Waals surface area (Å²) in [5.41, 5.74) is 27.6. The molecule has 0 aliphatic carbocycles. The van der Waals surface area contributed by atoms with Crippen LogP contribution in [0.4, 0.5) is 0 Å². The maximum atomic E-state index is 5.12. The predicted molar refractivity (Wildman–Crippen MR) is 622 cm³/mol. The lowest BCUT2D eigenvalue weighted by molar-refractivity contribution is 1.10. The number of para-hydroxylation sites is 3. The average Bonchev–Trinajstić information content (AvgIpc) is 0.764. The minimum absolute atomic E-state index is 0.933. The Morgan fingerprint density at radius 3 is 0.993 bits per heavy atom. The number of nitrogens with zero attached hydrogens (tertiary/aromatic N) is 5. The van der Waals surface area contributed by atoms with Crippen molar-refractivity contribution in [3.63, 3.8) is 0 Å². The third kappa shape index (κ3) is 14.8. The third-order valence-corrected chi connectivity index (χ3v) is 30.9. The molecule has 0 radical (unpaired) electrons. The number of benzene rings is 25. The van der Waals surface area contributed by atoms with Crippen molar-refractivity contribution in [1.82, 2.24) is 24.5 Å². The van der Waals surface area contributed by atoms with Crippen molar-refractivity contribution in [3.05, 3.63) is 528 Å². The van der Waals surface area contributed by atoms with Gasteiger partial charge in [0, 0.05) is 61.0 Å². The van der Waals surface area contributed by atoms with Crippen molar-refractivity contribution in [1.29, 1.82) is 0 Å². The maximum absolute atomic E-state index is 5.12. The van der Waals surface area contributed by atoms with Crippen molar-refractivity contribution in [3.8, 4) is 117 Å². The van der Waals surface area contributed by atoms with Gasteiger partial charge in [-0.05, 0) is 287 Å². The quantitative estimate of drug-likeness (QED) is 0.0956. The lowest BCUT2D eigenvalue weighted by Crippen LogP contribution is -1.97. The first-order chi connectivity index (χ1) is 72.4. The second-order valence-electron chi connectivity index (χ2n) is 38.1. The molecule has 678 valence electrons. The van der Waals surface area contributed by atoms with Gasteiger partial charge in [-0.1, -0.05) is 425 Å². The first-order valence-corrected chi connectivity index (χ1v) is 50.7. The molecule has 146 heavy (non-hydrogen) atoms. The molecule has 0 atom stereocenters. The molecule has 25 aromatic carbocycles. The minimum atomic E-state index is 0.933. The molecule has 5 heterocycles. The molecule has 6 heteroatoms. The molecule has 0 amide bonds. The monoisotopic (exact) mass is 1870 g/mol. The minimum Gasteiger partial charge on any atom is -0.292 e. The Kier molecular flexibility index (Phi) is 20.8. The standard InChI is InChI=1S/C53H34N2.C45H27NS.C42H26N2/c1-2-16-44(17-3-1)55-50-21-11-10-20-49(50)54-53(55)38-26-22-37(23-27-38)41-30-31-47-48(34-41)52(43-29-25-36-13-5-7-15-40(36)33-43)46-19-9-8-18-45(46)51(47)42-28-24-35-12-4-6-14-39(35)32-42;1-3-11-30-25-32(19-17-28(30)9-1)42-36-14-5-6-15-37(36)43(33-20-18-29-10-2-4-12-31(29)26-33)40-27-34(21-22-38(40)42)44-45-39(23-24-46-44)35-13-7-8-16-41(35)47-45;1-2-9-32-26-33(22-15-27(32)8-1)40-36-13-5-3-11-34(36)39(35-12-4-6-14-37(35)40)29-18-16-28(17-19-29)38-24-23-31-21-20-30-10-7-25-43-41(30)42(31)44-38/h1-34H;1-27H;1-26H. The molecule has 0 saturated carbocycles. The topological polar surface area (TPSA) is 56.5 Å². The SMILES string of the molecule is c1ccc(-n2c(-c3ccc(-c4ccc5c(-c6ccc7ccccc7c6)c6ccccc6c(-c6ccc7ccccc7c6)c5c4)cc3)nc3ccccc32)cc1.c1ccc2cc(-c3c4ccccc4c(-c4ccc(-c5ccc6ccc7cccnc7c6n5)cc4)c4ccccc34)ccc2c1.c1ccc2cc(-c3c4ccccc4c(-c4ccc5ccccc5c4)c4cc(-c5nccc6c5sc5ccccc56)ccc34)ccc2c1. The Bertz CT molecular complexity index is 10500. The lowest BCUT2D eigenvalue weighted by atomic mass is 9.84. The molecule has 0 spiro atoms. The van der Waals surface area contributed by atoms with Gasteiger partial charge in [0.05, 0.1) is 38.2 Å². The van der Waals surface area contributed by atoms with Crippen LogP contribution in [0.1, 0.15) is 0 Å². The zero-order valence-electron chi connectivity index (χ0n) is 79.4. The van der Waals surface area contributed by atoms with E-state index in [9.17, 15) is 0 Å². The summed E-state index contributed by atoms with van der Waals surface area (Å²) in [6, 6.07) is 187. The highest BCUT2D eigenvalue weighted by Gasteiger charge is 2.26. The molecule has 0 saturated heterocycles. The van der Waals surface area contributed by atoms with E-state index in [1.165, 1.54) is 211 Å². The fraction of sp³-hybridized carbons (Fsp3) is 0. The van der Waals surface area contributed by atoms with Crippen LogP contribution in [0.15, 0.2) is 528 Å². The van der Waals surface area contributed by atoms with E-state index in [0.717, 1.165) is 78.0 Å². The summed E-state index contributed by atoms with van der Waals surface area (Å²) in [6.07, 6.45) is 3.80. The molecule has 0 bridgehead atoms. The Morgan fingerprint density at radius 2 is 0.514 bits per heavy atom. The number of fused-ring (bicyclic) bond motifs is 18. The van der Waals surface area contributed by atoms with Gasteiger partial charge in [0.1, 0.15) is 5.82 Å². The Balaban J connectivity index is 0.000000107. The van der Waals surface area contributed by atoms with Crippen molar-refractivity contribution in [2.75, 3.05) is 0 Å². The largest absolute Gasteiger partial charge is 0.292 e. The second kappa shape index (κ2) is 35.7. The summed E-state index contributed by atoms with van der Waals surface area (Å²) in [6.45, 7) is 0. The van der Waals surface area contributed by atoms with Crippen molar-refractivity contribution in [2.45, 2.75) is 0 Å². The van der Waals surface area contributed by atoms with Crippen molar-refractivity contribution >= 4 is 183 Å². The van der Waals surface area contributed by atoms with E-state index in [0.29, 0.717) is 0 Å². The van der Waals surface area contributed by atoms with Crippen LogP contribution in [-0.2, 0) is 0 Å². The number of thiophene rings is 1. The van der Waals surface area contributed by atoms with Crippen LogP contribution in [-0.4, -0.2) is 24.5 Å². The Hall–Kier alpha value is -19.0. The van der Waals surface area contributed by atoms with E-state index in [1.807, 2.05) is 29.8 Å². The van der Waals surface area contributed by atoms with Crippen LogP contribution in [0.3, 0.4) is 0 Å². The van der Waals surface area contributed by atoms with Gasteiger partial charge in [0.25, 0.3) is 0 Å². The number of hydrogen-bond acceptors (Lipinski definition) is 5. The van der Waals surface area contributed by atoms with Gasteiger partial charge in [0.15, 0.2) is 0 Å². The number of imidazole rings is 1. The average molecular weight is 1870 g/mol. The molecule has 0 aliphatic heterocycles. The molecule has 5 nitrogen and oxygen atoms in total. The lowest BCUT2D eigenvalue weighted by Gasteiger charge is -2.19. The highest BCUT2D eigenvalue weighted by atomic mass is 32.1. The zero-order chi connectivity index (χ0) is 96.2. The molecule has 0 fully saturated rings. The molecule has 5 aromatic heterocycles. The van der Waals surface area contributed by atoms with Crippen LogP contribution in [0.2, 0.25) is 0 Å². The Morgan fingerprint density at radius 1 is 0.178 bits per heavy atom. The molecule has 30 aromatic rings. The number of aromatic nitrogens is 5. The first-order valence-electron chi connectivity index (χ1n) is 49.9. The van der Waals surface area contributed by atoms with E-state index in [1.54, 1.807) is 0 Å². The predicted octanol–water partition coefficient (Wildman–Crippen LogP) is 38.6. The van der Waals surface area contributed by atoms with Gasteiger partial charge < -0.3 is 0 Å². The first kappa shape index (κ1) is 85.0. The molecule has 30 rings (SSSR count). The summed E-state index contributed by atoms with van der Waals surface area (Å²) >= 11 is 1.83. The third-order valence-electron chi connectivity index (χ3n) is 29.7. The highest BCUT2D eigenvalue weighted by molar-refractivity contribution is 7.26. The summed E-state index contributed by atoms with van der Waals surface area (Å²) in [5.74, 6) is 0.933. The maximum Gasteiger partial charge on any atom is 0.145 e. The Labute approximate surface area is 846 Å². The fourth-order valence-corrected chi connectivity index (χ4v) is 24.0. The van der Waals surface area contributed by atoms with Gasteiger partial charge in [-0.3, -0.25) is 14.5 Å². The fourth-order valence-electron chi connectivity index (χ4n) is 22.8. The smallest absolute Gasteiger partial charge is 0.145 e.